The Labute approximate surface area is 135 Å². The largest absolute Gasteiger partial charge is 0.496 e. The van der Waals surface area contributed by atoms with Gasteiger partial charge in [-0.05, 0) is 54.0 Å². The van der Waals surface area contributed by atoms with E-state index in [-0.39, 0.29) is 5.57 Å². The molecule has 1 aromatic carbocycles. The molecule has 0 aliphatic carbocycles. The first kappa shape index (κ1) is 16.2. The number of hydrogen-bond donors (Lipinski definition) is 1. The minimum Gasteiger partial charge on any atom is -0.496 e. The summed E-state index contributed by atoms with van der Waals surface area (Å²) in [4.78, 5) is 16.0. The number of hydrogen-bond acceptors (Lipinski definition) is 4. The van der Waals surface area contributed by atoms with E-state index in [9.17, 15) is 10.1 Å². The topological polar surface area (TPSA) is 75.0 Å². The van der Waals surface area contributed by atoms with Gasteiger partial charge in [0.15, 0.2) is 0 Å². The number of rotatable bonds is 5. The van der Waals surface area contributed by atoms with E-state index >= 15 is 0 Å². The number of ether oxygens (including phenoxy) is 1. The standard InChI is InChI=1S/C18H17N3O2/c1-13-9-15(3-4-17(13)23-2)10-16(11-19)18(22)21-12-14-5-7-20-8-6-14/h3-10H,12H2,1-2H3,(H,21,22)/b16-10+. The molecule has 23 heavy (non-hydrogen) atoms. The highest BCUT2D eigenvalue weighted by Crippen LogP contribution is 2.20. The summed E-state index contributed by atoms with van der Waals surface area (Å²) in [6.07, 6.45) is 4.87. The first-order valence-corrected chi connectivity index (χ1v) is 7.07. The number of nitriles is 1. The second-order valence-electron chi connectivity index (χ2n) is 4.94. The van der Waals surface area contributed by atoms with Crippen molar-refractivity contribution in [1.29, 1.82) is 5.26 Å². The summed E-state index contributed by atoms with van der Waals surface area (Å²) in [5.74, 6) is 0.362. The molecule has 0 atom stereocenters. The van der Waals surface area contributed by atoms with Gasteiger partial charge >= 0.3 is 0 Å². The molecular formula is C18H17N3O2. The molecule has 1 amide bonds. The van der Waals surface area contributed by atoms with Crippen LogP contribution in [0.5, 0.6) is 5.75 Å². The fourth-order valence-corrected chi connectivity index (χ4v) is 2.08. The fourth-order valence-electron chi connectivity index (χ4n) is 2.08. The third-order valence-corrected chi connectivity index (χ3v) is 3.30. The average molecular weight is 307 g/mol. The average Bonchev–Trinajstić information content (AvgIpc) is 2.58. The lowest BCUT2D eigenvalue weighted by molar-refractivity contribution is -0.117. The van der Waals surface area contributed by atoms with Gasteiger partial charge in [-0.25, -0.2) is 0 Å². The highest BCUT2D eigenvalue weighted by Gasteiger charge is 2.09. The van der Waals surface area contributed by atoms with E-state index in [1.165, 1.54) is 0 Å². The Balaban J connectivity index is 2.10. The van der Waals surface area contributed by atoms with E-state index < -0.39 is 5.91 Å². The van der Waals surface area contributed by atoms with Crippen molar-refractivity contribution in [3.63, 3.8) is 0 Å². The molecule has 116 valence electrons. The number of nitrogens with zero attached hydrogens (tertiary/aromatic N) is 2. The summed E-state index contributed by atoms with van der Waals surface area (Å²) in [5, 5.41) is 11.9. The lowest BCUT2D eigenvalue weighted by atomic mass is 10.1. The van der Waals surface area contributed by atoms with E-state index in [1.54, 1.807) is 31.6 Å². The Hall–Kier alpha value is -3.13. The molecule has 1 heterocycles. The van der Waals surface area contributed by atoms with Crippen molar-refractivity contribution in [2.45, 2.75) is 13.5 Å². The normalized spacial score (nSPS) is 10.7. The van der Waals surface area contributed by atoms with Crippen molar-refractivity contribution in [3.8, 4) is 11.8 Å². The van der Waals surface area contributed by atoms with Crippen molar-refractivity contribution in [2.75, 3.05) is 7.11 Å². The monoisotopic (exact) mass is 307 g/mol. The summed E-state index contributed by atoms with van der Waals surface area (Å²) in [7, 11) is 1.60. The zero-order valence-corrected chi connectivity index (χ0v) is 13.0. The molecule has 0 unspecified atom stereocenters. The summed E-state index contributed by atoms with van der Waals surface area (Å²) < 4.78 is 5.20. The summed E-state index contributed by atoms with van der Waals surface area (Å²) in [6, 6.07) is 11.0. The molecule has 5 heteroatoms. The van der Waals surface area contributed by atoms with Crippen molar-refractivity contribution >= 4 is 12.0 Å². The molecule has 0 fully saturated rings. The third kappa shape index (κ3) is 4.42. The molecule has 1 aromatic heterocycles. The van der Waals surface area contributed by atoms with Crippen LogP contribution in [0.25, 0.3) is 6.08 Å². The minimum absolute atomic E-state index is 0.0589. The molecule has 0 saturated carbocycles. The van der Waals surface area contributed by atoms with Crippen LogP contribution in [0.4, 0.5) is 0 Å². The van der Waals surface area contributed by atoms with E-state index in [1.807, 2.05) is 37.3 Å². The van der Waals surface area contributed by atoms with Crippen LogP contribution >= 0.6 is 0 Å². The Morgan fingerprint density at radius 3 is 2.70 bits per heavy atom. The van der Waals surface area contributed by atoms with Gasteiger partial charge in [-0.15, -0.1) is 0 Å². The SMILES string of the molecule is COc1ccc(/C=C(\C#N)C(=O)NCc2ccncc2)cc1C. The van der Waals surface area contributed by atoms with E-state index in [0.717, 1.165) is 22.4 Å². The quantitative estimate of drug-likeness (QED) is 0.680. The number of amides is 1. The van der Waals surface area contributed by atoms with Gasteiger partial charge in [0.25, 0.3) is 5.91 Å². The molecule has 0 aliphatic rings. The summed E-state index contributed by atoms with van der Waals surface area (Å²) in [5.41, 5.74) is 2.70. The van der Waals surface area contributed by atoms with Gasteiger partial charge in [0.1, 0.15) is 17.4 Å². The van der Waals surface area contributed by atoms with Crippen molar-refractivity contribution < 1.29 is 9.53 Å². The Bertz CT molecular complexity index is 762. The van der Waals surface area contributed by atoms with Crippen LogP contribution in [-0.4, -0.2) is 18.0 Å². The maximum Gasteiger partial charge on any atom is 0.262 e. The summed E-state index contributed by atoms with van der Waals surface area (Å²) >= 11 is 0. The smallest absolute Gasteiger partial charge is 0.262 e. The number of carbonyl (C=O) groups excluding carboxylic acids is 1. The van der Waals surface area contributed by atoms with Gasteiger partial charge < -0.3 is 10.1 Å². The predicted octanol–water partition coefficient (Wildman–Crippen LogP) is 2.62. The maximum atomic E-state index is 12.1. The van der Waals surface area contributed by atoms with Crippen molar-refractivity contribution in [3.05, 3.63) is 65.0 Å². The lowest BCUT2D eigenvalue weighted by Gasteiger charge is -2.06. The van der Waals surface area contributed by atoms with Crippen LogP contribution in [0.15, 0.2) is 48.3 Å². The van der Waals surface area contributed by atoms with Crippen molar-refractivity contribution in [1.82, 2.24) is 10.3 Å². The fraction of sp³-hybridized carbons (Fsp3) is 0.167. The molecule has 0 spiro atoms. The number of carbonyl (C=O) groups is 1. The minimum atomic E-state index is -0.405. The predicted molar refractivity (Wildman–Crippen MR) is 87.4 cm³/mol. The van der Waals surface area contributed by atoms with E-state index in [4.69, 9.17) is 4.74 Å². The van der Waals surface area contributed by atoms with Gasteiger partial charge in [0.05, 0.1) is 7.11 Å². The number of methoxy groups -OCH3 is 1. The Kier molecular flexibility index (Phi) is 5.48. The summed E-state index contributed by atoms with van der Waals surface area (Å²) in [6.45, 7) is 2.26. The highest BCUT2D eigenvalue weighted by molar-refractivity contribution is 6.01. The highest BCUT2D eigenvalue weighted by atomic mass is 16.5. The van der Waals surface area contributed by atoms with Crippen LogP contribution in [0.1, 0.15) is 16.7 Å². The second-order valence-corrected chi connectivity index (χ2v) is 4.94. The second kappa shape index (κ2) is 7.76. The Morgan fingerprint density at radius 2 is 2.09 bits per heavy atom. The number of pyridine rings is 1. The van der Waals surface area contributed by atoms with E-state index in [2.05, 4.69) is 10.3 Å². The van der Waals surface area contributed by atoms with Crippen molar-refractivity contribution in [2.24, 2.45) is 0 Å². The van der Waals surface area contributed by atoms with Gasteiger partial charge in [0.2, 0.25) is 0 Å². The Morgan fingerprint density at radius 1 is 1.35 bits per heavy atom. The van der Waals surface area contributed by atoms with Crippen LogP contribution in [0, 0.1) is 18.3 Å². The van der Waals surface area contributed by atoms with Crippen LogP contribution in [0.2, 0.25) is 0 Å². The van der Waals surface area contributed by atoms with Crippen LogP contribution < -0.4 is 10.1 Å². The molecule has 2 rings (SSSR count). The lowest BCUT2D eigenvalue weighted by Crippen LogP contribution is -2.23. The number of aromatic nitrogens is 1. The molecule has 0 bridgehead atoms. The number of nitrogens with one attached hydrogen (secondary N) is 1. The zero-order valence-electron chi connectivity index (χ0n) is 13.0. The molecule has 1 N–H and O–H groups in total. The zero-order chi connectivity index (χ0) is 16.7. The van der Waals surface area contributed by atoms with Gasteiger partial charge in [0, 0.05) is 18.9 Å². The van der Waals surface area contributed by atoms with Gasteiger partial charge in [-0.2, -0.15) is 5.26 Å². The first-order chi connectivity index (χ1) is 11.1. The van der Waals surface area contributed by atoms with Crippen LogP contribution in [-0.2, 0) is 11.3 Å². The van der Waals surface area contributed by atoms with E-state index in [0.29, 0.717) is 6.54 Å². The van der Waals surface area contributed by atoms with Crippen LogP contribution in [0.3, 0.4) is 0 Å². The number of aryl methyl sites for hydroxylation is 1. The first-order valence-electron chi connectivity index (χ1n) is 7.07. The third-order valence-electron chi connectivity index (χ3n) is 3.30. The van der Waals surface area contributed by atoms with Gasteiger partial charge in [-0.3, -0.25) is 9.78 Å². The molecule has 0 radical (unpaired) electrons. The number of benzene rings is 1. The molecule has 0 aliphatic heterocycles. The maximum absolute atomic E-state index is 12.1. The van der Waals surface area contributed by atoms with Gasteiger partial charge in [-0.1, -0.05) is 6.07 Å². The molecule has 2 aromatic rings. The molecule has 0 saturated heterocycles. The molecule has 5 nitrogen and oxygen atoms in total. The molecular weight excluding hydrogens is 290 g/mol.